The second kappa shape index (κ2) is 6.36. The third-order valence-corrected chi connectivity index (χ3v) is 3.92. The number of aromatic nitrogens is 2. The number of rotatable bonds is 4. The van der Waals surface area contributed by atoms with Crippen molar-refractivity contribution in [2.45, 2.75) is 6.54 Å². The van der Waals surface area contributed by atoms with Crippen LogP contribution in [-0.2, 0) is 6.54 Å². The van der Waals surface area contributed by atoms with Crippen molar-refractivity contribution in [2.24, 2.45) is 4.99 Å². The van der Waals surface area contributed by atoms with Crippen LogP contribution in [-0.4, -0.2) is 15.8 Å². The number of carbonyl (C=O) groups is 1. The number of hydrogen-bond acceptors (Lipinski definition) is 4. The molecule has 0 unspecified atom stereocenters. The summed E-state index contributed by atoms with van der Waals surface area (Å²) < 4.78 is 1.70. The molecule has 22 heavy (non-hydrogen) atoms. The average Bonchev–Trinajstić information content (AvgIpc) is 2.95. The summed E-state index contributed by atoms with van der Waals surface area (Å²) in [6.07, 6.45) is 4.22. The maximum Gasteiger partial charge on any atom is 0.306 e. The van der Waals surface area contributed by atoms with Crippen molar-refractivity contribution in [2.75, 3.05) is 0 Å². The standard InChI is InChI=1S/C16H13N3O2S/c20-11-14-15(18-16(21)22-14)19-8-6-13(7-9-19)17-10-12-4-2-1-3-5-12/h1-9,11H,10H2,(H,18,21). The zero-order chi connectivity index (χ0) is 15.4. The Balaban J connectivity index is 1.86. The normalized spacial score (nSPS) is 10.4. The molecule has 0 radical (unpaired) electrons. The first-order valence-electron chi connectivity index (χ1n) is 6.67. The molecule has 0 spiro atoms. The van der Waals surface area contributed by atoms with Crippen molar-refractivity contribution in [3.63, 3.8) is 0 Å². The van der Waals surface area contributed by atoms with Crippen LogP contribution in [0, 0.1) is 0 Å². The molecule has 0 bridgehead atoms. The Kier molecular flexibility index (Phi) is 4.11. The predicted molar refractivity (Wildman–Crippen MR) is 85.4 cm³/mol. The lowest BCUT2D eigenvalue weighted by molar-refractivity contribution is 0.112. The van der Waals surface area contributed by atoms with E-state index < -0.39 is 0 Å². The van der Waals surface area contributed by atoms with Gasteiger partial charge in [-0.1, -0.05) is 41.7 Å². The topological polar surface area (TPSA) is 67.2 Å². The minimum absolute atomic E-state index is 0.248. The smallest absolute Gasteiger partial charge is 0.306 e. The molecule has 110 valence electrons. The number of pyridine rings is 1. The molecule has 3 aromatic rings. The summed E-state index contributed by atoms with van der Waals surface area (Å²) in [6.45, 7) is 0.611. The minimum atomic E-state index is -0.248. The van der Waals surface area contributed by atoms with Crippen molar-refractivity contribution in [3.8, 4) is 5.82 Å². The summed E-state index contributed by atoms with van der Waals surface area (Å²) in [6, 6.07) is 13.7. The van der Waals surface area contributed by atoms with Crippen LogP contribution in [0.4, 0.5) is 0 Å². The van der Waals surface area contributed by atoms with Crippen molar-refractivity contribution < 1.29 is 4.79 Å². The van der Waals surface area contributed by atoms with Crippen molar-refractivity contribution in [1.82, 2.24) is 9.55 Å². The molecule has 0 saturated carbocycles. The van der Waals surface area contributed by atoms with Crippen LogP contribution in [0.15, 0.2) is 64.6 Å². The zero-order valence-corrected chi connectivity index (χ0v) is 12.4. The molecule has 0 aliphatic carbocycles. The van der Waals surface area contributed by atoms with Gasteiger partial charge in [0.25, 0.3) is 0 Å². The molecule has 1 aromatic carbocycles. The predicted octanol–water partition coefficient (Wildman–Crippen LogP) is 2.14. The van der Waals surface area contributed by atoms with Gasteiger partial charge in [-0.15, -0.1) is 0 Å². The fourth-order valence-electron chi connectivity index (χ4n) is 2.04. The van der Waals surface area contributed by atoms with Gasteiger partial charge in [0.1, 0.15) is 10.7 Å². The van der Waals surface area contributed by atoms with E-state index in [1.54, 1.807) is 17.0 Å². The number of nitrogens with one attached hydrogen (secondary N) is 1. The molecule has 2 heterocycles. The quantitative estimate of drug-likeness (QED) is 0.750. The van der Waals surface area contributed by atoms with Crippen molar-refractivity contribution >= 4 is 17.6 Å². The number of carbonyl (C=O) groups excluding carboxylic acids is 1. The van der Waals surface area contributed by atoms with Gasteiger partial charge in [0.15, 0.2) is 6.29 Å². The van der Waals surface area contributed by atoms with Gasteiger partial charge >= 0.3 is 4.87 Å². The number of nitrogens with zero attached hydrogens (tertiary/aromatic N) is 2. The van der Waals surface area contributed by atoms with Crippen LogP contribution in [0.2, 0.25) is 0 Å². The molecule has 0 saturated heterocycles. The van der Waals surface area contributed by atoms with Gasteiger partial charge in [-0.2, -0.15) is 0 Å². The maximum atomic E-state index is 11.3. The first kappa shape index (κ1) is 14.2. The highest BCUT2D eigenvalue weighted by Gasteiger charge is 2.07. The highest BCUT2D eigenvalue weighted by Crippen LogP contribution is 2.10. The monoisotopic (exact) mass is 311 g/mol. The fraction of sp³-hybridized carbons (Fsp3) is 0.0625. The van der Waals surface area contributed by atoms with Crippen LogP contribution >= 0.6 is 11.3 Å². The fourth-order valence-corrected chi connectivity index (χ4v) is 2.69. The van der Waals surface area contributed by atoms with Gasteiger partial charge in [0, 0.05) is 12.4 Å². The maximum absolute atomic E-state index is 11.3. The third-order valence-electron chi connectivity index (χ3n) is 3.12. The zero-order valence-electron chi connectivity index (χ0n) is 11.6. The number of benzene rings is 1. The average molecular weight is 311 g/mol. The van der Waals surface area contributed by atoms with Crippen molar-refractivity contribution in [1.29, 1.82) is 0 Å². The molecule has 3 rings (SSSR count). The number of aldehydes is 1. The third kappa shape index (κ3) is 3.12. The molecule has 2 aromatic heterocycles. The Morgan fingerprint density at radius 2 is 1.86 bits per heavy atom. The molecule has 0 amide bonds. The molecule has 6 heteroatoms. The van der Waals surface area contributed by atoms with E-state index in [1.807, 2.05) is 42.5 Å². The Labute approximate surface area is 130 Å². The molecule has 5 nitrogen and oxygen atoms in total. The summed E-state index contributed by atoms with van der Waals surface area (Å²) in [5.41, 5.74) is 1.14. The van der Waals surface area contributed by atoms with E-state index >= 15 is 0 Å². The lowest BCUT2D eigenvalue weighted by Gasteiger charge is -2.03. The summed E-state index contributed by atoms with van der Waals surface area (Å²) >= 11 is 0.897. The van der Waals surface area contributed by atoms with Gasteiger partial charge in [-0.05, 0) is 17.7 Å². The van der Waals surface area contributed by atoms with Crippen LogP contribution < -0.4 is 10.2 Å². The lowest BCUT2D eigenvalue weighted by atomic mass is 10.2. The van der Waals surface area contributed by atoms with E-state index in [0.29, 0.717) is 23.5 Å². The second-order valence-corrected chi connectivity index (χ2v) is 5.63. The first-order valence-corrected chi connectivity index (χ1v) is 7.49. The Morgan fingerprint density at radius 3 is 2.55 bits per heavy atom. The van der Waals surface area contributed by atoms with Gasteiger partial charge in [0.2, 0.25) is 0 Å². The summed E-state index contributed by atoms with van der Waals surface area (Å²) in [5.74, 6) is 0.486. The first-order chi connectivity index (χ1) is 10.8. The largest absolute Gasteiger partial charge is 0.309 e. The Bertz CT molecular complexity index is 886. The van der Waals surface area contributed by atoms with Gasteiger partial charge < -0.3 is 4.57 Å². The summed E-state index contributed by atoms with van der Waals surface area (Å²) in [5, 5.41) is 0.838. The summed E-state index contributed by atoms with van der Waals surface area (Å²) in [4.78, 5) is 29.6. The SMILES string of the molecule is O=Cc1sc(=O)[nH]c1-n1ccc(=NCc2ccccc2)cc1. The van der Waals surface area contributed by atoms with Crippen molar-refractivity contribution in [3.05, 3.63) is 80.3 Å². The van der Waals surface area contributed by atoms with E-state index in [0.717, 1.165) is 22.3 Å². The van der Waals surface area contributed by atoms with Crippen LogP contribution in [0.1, 0.15) is 15.2 Å². The molecular formula is C16H13N3O2S. The molecule has 0 atom stereocenters. The van der Waals surface area contributed by atoms with Gasteiger partial charge in [-0.3, -0.25) is 19.6 Å². The molecular weight excluding hydrogens is 298 g/mol. The number of aromatic amines is 1. The molecule has 1 N–H and O–H groups in total. The second-order valence-electron chi connectivity index (χ2n) is 4.61. The molecule has 0 aliphatic heterocycles. The summed E-state index contributed by atoms with van der Waals surface area (Å²) in [7, 11) is 0. The van der Waals surface area contributed by atoms with Gasteiger partial charge in [0.05, 0.1) is 11.9 Å². The molecule has 0 aliphatic rings. The van der Waals surface area contributed by atoms with E-state index in [2.05, 4.69) is 9.98 Å². The van der Waals surface area contributed by atoms with E-state index in [-0.39, 0.29) is 4.87 Å². The highest BCUT2D eigenvalue weighted by atomic mass is 32.1. The van der Waals surface area contributed by atoms with Crippen LogP contribution in [0.5, 0.6) is 0 Å². The number of hydrogen-bond donors (Lipinski definition) is 1. The van der Waals surface area contributed by atoms with Crippen LogP contribution in [0.25, 0.3) is 5.82 Å². The Morgan fingerprint density at radius 1 is 1.14 bits per heavy atom. The van der Waals surface area contributed by atoms with Gasteiger partial charge in [-0.25, -0.2) is 0 Å². The Hall–Kier alpha value is -2.73. The highest BCUT2D eigenvalue weighted by molar-refractivity contribution is 7.11. The van der Waals surface area contributed by atoms with E-state index in [4.69, 9.17) is 0 Å². The van der Waals surface area contributed by atoms with E-state index in [1.165, 1.54) is 0 Å². The van der Waals surface area contributed by atoms with Crippen LogP contribution in [0.3, 0.4) is 0 Å². The van der Waals surface area contributed by atoms with E-state index in [9.17, 15) is 9.59 Å². The molecule has 0 fully saturated rings. The lowest BCUT2D eigenvalue weighted by Crippen LogP contribution is -2.07. The number of thiazole rings is 1. The number of H-pyrrole nitrogens is 1. The minimum Gasteiger partial charge on any atom is -0.309 e.